The molecule has 0 aromatic heterocycles. The van der Waals surface area contributed by atoms with Crippen molar-refractivity contribution in [3.63, 3.8) is 0 Å². The Kier molecular flexibility index (Phi) is 5.51. The molecule has 1 atom stereocenters. The van der Waals surface area contributed by atoms with Crippen LogP contribution in [0.3, 0.4) is 0 Å². The summed E-state index contributed by atoms with van der Waals surface area (Å²) in [7, 11) is -3.46. The third-order valence-corrected chi connectivity index (χ3v) is 5.50. The highest BCUT2D eigenvalue weighted by molar-refractivity contribution is 7.92. The molecule has 128 valence electrons. The number of hydrogen-bond donors (Lipinski definition) is 1. The fraction of sp³-hybridized carbons (Fsp3) is 0.562. The standard InChI is InChI=1S/C16H24N2O4S/c1-4-23(20,21)18-11-15(16(19)17-10-9-12(2)3)22-14-8-6-5-7-13(14)18/h5-8,12,15H,4,9-11H2,1-3H3,(H,17,19)/t15-/m0/s1. The second kappa shape index (κ2) is 7.21. The van der Waals surface area contributed by atoms with E-state index in [0.29, 0.717) is 23.9 Å². The van der Waals surface area contributed by atoms with Crippen LogP contribution in [0.5, 0.6) is 5.75 Å². The van der Waals surface area contributed by atoms with Crippen molar-refractivity contribution < 1.29 is 17.9 Å². The predicted octanol–water partition coefficient (Wildman–Crippen LogP) is 1.77. The van der Waals surface area contributed by atoms with Gasteiger partial charge in [-0.25, -0.2) is 8.42 Å². The van der Waals surface area contributed by atoms with E-state index in [0.717, 1.165) is 6.42 Å². The van der Waals surface area contributed by atoms with Gasteiger partial charge in [0, 0.05) is 6.54 Å². The van der Waals surface area contributed by atoms with Gasteiger partial charge in [-0.2, -0.15) is 0 Å². The second-order valence-electron chi connectivity index (χ2n) is 5.98. The van der Waals surface area contributed by atoms with Crippen molar-refractivity contribution in [2.45, 2.75) is 33.3 Å². The molecule has 1 aliphatic heterocycles. The van der Waals surface area contributed by atoms with Crippen LogP contribution in [0.2, 0.25) is 0 Å². The molecule has 0 radical (unpaired) electrons. The highest BCUT2D eigenvalue weighted by Crippen LogP contribution is 2.34. The van der Waals surface area contributed by atoms with Gasteiger partial charge < -0.3 is 10.1 Å². The lowest BCUT2D eigenvalue weighted by atomic mass is 10.1. The number of carbonyl (C=O) groups is 1. The number of rotatable bonds is 6. The van der Waals surface area contributed by atoms with E-state index < -0.39 is 16.1 Å². The molecule has 0 fully saturated rings. The summed E-state index contributed by atoms with van der Waals surface area (Å²) in [6.45, 7) is 6.30. The summed E-state index contributed by atoms with van der Waals surface area (Å²) in [5.41, 5.74) is 0.487. The largest absolute Gasteiger partial charge is 0.476 e. The molecule has 1 heterocycles. The van der Waals surface area contributed by atoms with Crippen LogP contribution in [-0.4, -0.2) is 39.3 Å². The van der Waals surface area contributed by atoms with Gasteiger partial charge in [0.25, 0.3) is 5.91 Å². The van der Waals surface area contributed by atoms with Crippen molar-refractivity contribution >= 4 is 21.6 Å². The van der Waals surface area contributed by atoms with Crippen LogP contribution < -0.4 is 14.4 Å². The third-order valence-electron chi connectivity index (χ3n) is 3.75. The van der Waals surface area contributed by atoms with E-state index in [4.69, 9.17) is 4.74 Å². The lowest BCUT2D eigenvalue weighted by molar-refractivity contribution is -0.127. The van der Waals surface area contributed by atoms with E-state index in [2.05, 4.69) is 19.2 Å². The van der Waals surface area contributed by atoms with Gasteiger partial charge in [0.1, 0.15) is 5.75 Å². The van der Waals surface area contributed by atoms with Gasteiger partial charge in [-0.05, 0) is 31.4 Å². The van der Waals surface area contributed by atoms with E-state index in [1.165, 1.54) is 4.31 Å². The van der Waals surface area contributed by atoms with Gasteiger partial charge in [-0.3, -0.25) is 9.10 Å². The molecule has 0 unspecified atom stereocenters. The van der Waals surface area contributed by atoms with Crippen molar-refractivity contribution in [3.8, 4) is 5.75 Å². The van der Waals surface area contributed by atoms with E-state index in [-0.39, 0.29) is 18.2 Å². The molecule has 0 bridgehead atoms. The molecule has 0 saturated heterocycles. The molecule has 7 heteroatoms. The lowest BCUT2D eigenvalue weighted by Crippen LogP contribution is -2.51. The van der Waals surface area contributed by atoms with Crippen LogP contribution in [0.1, 0.15) is 27.2 Å². The molecule has 1 N–H and O–H groups in total. The van der Waals surface area contributed by atoms with E-state index >= 15 is 0 Å². The Morgan fingerprint density at radius 3 is 2.74 bits per heavy atom. The Morgan fingerprint density at radius 1 is 1.39 bits per heavy atom. The summed E-state index contributed by atoms with van der Waals surface area (Å²) >= 11 is 0. The van der Waals surface area contributed by atoms with Gasteiger partial charge in [0.15, 0.2) is 6.10 Å². The van der Waals surface area contributed by atoms with Gasteiger partial charge >= 0.3 is 0 Å². The smallest absolute Gasteiger partial charge is 0.263 e. The molecule has 1 aromatic rings. The highest BCUT2D eigenvalue weighted by Gasteiger charge is 2.35. The maximum Gasteiger partial charge on any atom is 0.263 e. The summed E-state index contributed by atoms with van der Waals surface area (Å²) in [5, 5.41) is 2.82. The van der Waals surface area contributed by atoms with Crippen LogP contribution >= 0.6 is 0 Å². The van der Waals surface area contributed by atoms with Crippen molar-refractivity contribution in [1.82, 2.24) is 5.32 Å². The molecule has 1 aliphatic rings. The number of nitrogens with zero attached hydrogens (tertiary/aromatic N) is 1. The fourth-order valence-corrected chi connectivity index (χ4v) is 3.48. The zero-order valence-electron chi connectivity index (χ0n) is 13.8. The number of ether oxygens (including phenoxy) is 1. The Morgan fingerprint density at radius 2 is 2.09 bits per heavy atom. The minimum Gasteiger partial charge on any atom is -0.476 e. The monoisotopic (exact) mass is 340 g/mol. The van der Waals surface area contributed by atoms with Crippen molar-refractivity contribution in [2.24, 2.45) is 5.92 Å². The van der Waals surface area contributed by atoms with Crippen LogP contribution in [-0.2, 0) is 14.8 Å². The Labute approximate surface area is 137 Å². The van der Waals surface area contributed by atoms with Crippen molar-refractivity contribution in [1.29, 1.82) is 0 Å². The first-order valence-corrected chi connectivity index (χ1v) is 9.50. The number of carbonyl (C=O) groups excluding carboxylic acids is 1. The molecule has 1 aromatic carbocycles. The molecular formula is C16H24N2O4S. The van der Waals surface area contributed by atoms with E-state index in [9.17, 15) is 13.2 Å². The predicted molar refractivity (Wildman–Crippen MR) is 90.1 cm³/mol. The van der Waals surface area contributed by atoms with Crippen LogP contribution in [0.25, 0.3) is 0 Å². The summed E-state index contributed by atoms with van der Waals surface area (Å²) in [5.74, 6) is 0.597. The van der Waals surface area contributed by atoms with E-state index in [1.54, 1.807) is 31.2 Å². The van der Waals surface area contributed by atoms with Crippen LogP contribution in [0.15, 0.2) is 24.3 Å². The SMILES string of the molecule is CCS(=O)(=O)N1C[C@@H](C(=O)NCCC(C)C)Oc2ccccc21. The Balaban J connectivity index is 2.18. The Hall–Kier alpha value is -1.76. The molecule has 0 spiro atoms. The molecule has 1 amide bonds. The quantitative estimate of drug-likeness (QED) is 0.856. The number of anilines is 1. The van der Waals surface area contributed by atoms with E-state index in [1.807, 2.05) is 0 Å². The van der Waals surface area contributed by atoms with Crippen molar-refractivity contribution in [2.75, 3.05) is 23.1 Å². The van der Waals surface area contributed by atoms with Crippen molar-refractivity contribution in [3.05, 3.63) is 24.3 Å². The molecule has 2 rings (SSSR count). The zero-order chi connectivity index (χ0) is 17.0. The molecule has 6 nitrogen and oxygen atoms in total. The third kappa shape index (κ3) is 4.16. The first kappa shape index (κ1) is 17.6. The zero-order valence-corrected chi connectivity index (χ0v) is 14.6. The number of fused-ring (bicyclic) bond motifs is 1. The number of para-hydroxylation sites is 2. The first-order chi connectivity index (χ1) is 10.8. The summed E-state index contributed by atoms with van der Waals surface area (Å²) in [6, 6.07) is 6.88. The minimum absolute atomic E-state index is 0.000693. The summed E-state index contributed by atoms with van der Waals surface area (Å²) < 4.78 is 31.6. The number of benzene rings is 1. The highest BCUT2D eigenvalue weighted by atomic mass is 32.2. The normalized spacial score (nSPS) is 17.6. The molecule has 0 aliphatic carbocycles. The van der Waals surface area contributed by atoms with Crippen LogP contribution in [0.4, 0.5) is 5.69 Å². The summed E-state index contributed by atoms with van der Waals surface area (Å²) in [4.78, 5) is 12.3. The van der Waals surface area contributed by atoms with Gasteiger partial charge in [0.05, 0.1) is 18.0 Å². The van der Waals surface area contributed by atoms with Gasteiger partial charge in [-0.1, -0.05) is 26.0 Å². The molecule has 0 saturated carbocycles. The number of sulfonamides is 1. The molecular weight excluding hydrogens is 316 g/mol. The number of nitrogens with one attached hydrogen (secondary N) is 1. The maximum absolute atomic E-state index is 12.3. The first-order valence-electron chi connectivity index (χ1n) is 7.89. The van der Waals surface area contributed by atoms with Gasteiger partial charge in [0.2, 0.25) is 10.0 Å². The maximum atomic E-state index is 12.3. The second-order valence-corrected chi connectivity index (χ2v) is 8.16. The minimum atomic E-state index is -3.46. The number of amides is 1. The fourth-order valence-electron chi connectivity index (χ4n) is 2.36. The van der Waals surface area contributed by atoms with Gasteiger partial charge in [-0.15, -0.1) is 0 Å². The topological polar surface area (TPSA) is 75.7 Å². The number of hydrogen-bond acceptors (Lipinski definition) is 4. The Bertz CT molecular complexity index is 658. The average Bonchev–Trinajstić information content (AvgIpc) is 2.53. The summed E-state index contributed by atoms with van der Waals surface area (Å²) in [6.07, 6.45) is 0.0323. The van der Waals surface area contributed by atoms with Crippen LogP contribution in [0, 0.1) is 5.92 Å². The average molecular weight is 340 g/mol. The lowest BCUT2D eigenvalue weighted by Gasteiger charge is -2.34. The molecule has 23 heavy (non-hydrogen) atoms.